The van der Waals surface area contributed by atoms with Gasteiger partial charge in [-0.2, -0.15) is 0 Å². The summed E-state index contributed by atoms with van der Waals surface area (Å²) in [5.41, 5.74) is 2.17. The maximum Gasteiger partial charge on any atom is 0.308 e. The fourth-order valence-electron chi connectivity index (χ4n) is 2.67. The maximum atomic E-state index is 11.3. The van der Waals surface area contributed by atoms with Crippen LogP contribution in [0.15, 0.2) is 48.5 Å². The molecule has 0 aliphatic rings. The first-order valence-electron chi connectivity index (χ1n) is 8.59. The Kier molecular flexibility index (Phi) is 5.69. The highest BCUT2D eigenvalue weighted by Crippen LogP contribution is 2.29. The van der Waals surface area contributed by atoms with Gasteiger partial charge in [-0.05, 0) is 35.9 Å². The van der Waals surface area contributed by atoms with Crippen molar-refractivity contribution in [3.8, 4) is 17.2 Å². The van der Waals surface area contributed by atoms with Gasteiger partial charge in [-0.1, -0.05) is 30.3 Å². The summed E-state index contributed by atoms with van der Waals surface area (Å²) in [6.45, 7) is 2.69. The van der Waals surface area contributed by atoms with E-state index in [4.69, 9.17) is 14.2 Å². The van der Waals surface area contributed by atoms with E-state index in [0.717, 1.165) is 10.9 Å². The van der Waals surface area contributed by atoms with E-state index in [1.807, 2.05) is 42.5 Å². The van der Waals surface area contributed by atoms with E-state index in [-0.39, 0.29) is 0 Å². The van der Waals surface area contributed by atoms with Gasteiger partial charge < -0.3 is 14.2 Å². The number of esters is 2. The van der Waals surface area contributed by atoms with Gasteiger partial charge in [0.15, 0.2) is 17.2 Å². The van der Waals surface area contributed by atoms with E-state index in [1.54, 1.807) is 18.2 Å². The molecule has 0 N–H and O–H groups in total. The van der Waals surface area contributed by atoms with Crippen molar-refractivity contribution < 1.29 is 23.8 Å². The highest BCUT2D eigenvalue weighted by atomic mass is 16.6. The lowest BCUT2D eigenvalue weighted by Gasteiger charge is -2.08. The number of ether oxygens (including phenoxy) is 3. The molecule has 3 aromatic rings. The predicted octanol–water partition coefficient (Wildman–Crippen LogP) is 4.26. The number of para-hydroxylation sites is 1. The van der Waals surface area contributed by atoms with Crippen molar-refractivity contribution >= 4 is 35.0 Å². The Morgan fingerprint density at radius 1 is 0.857 bits per heavy atom. The molecule has 0 amide bonds. The van der Waals surface area contributed by atoms with Crippen LogP contribution < -0.4 is 14.2 Å². The molecule has 6 heteroatoms. The number of hydrogen-bond donors (Lipinski definition) is 0. The van der Waals surface area contributed by atoms with Crippen LogP contribution >= 0.6 is 0 Å². The SMILES string of the molecule is COc1cc(/C=C/c2ccc3cccc(OC(C)=O)c3n2)ccc1OC(C)=O. The summed E-state index contributed by atoms with van der Waals surface area (Å²) < 4.78 is 15.6. The number of carbonyl (C=O) groups excluding carboxylic acids is 2. The number of rotatable bonds is 5. The van der Waals surface area contributed by atoms with Crippen molar-refractivity contribution in [2.45, 2.75) is 13.8 Å². The lowest BCUT2D eigenvalue weighted by Crippen LogP contribution is -2.03. The number of methoxy groups -OCH3 is 1. The molecule has 1 heterocycles. The molecule has 0 saturated heterocycles. The first kappa shape index (κ1) is 19.1. The summed E-state index contributed by atoms with van der Waals surface area (Å²) in [4.78, 5) is 27.0. The molecular weight excluding hydrogens is 358 g/mol. The molecule has 0 aliphatic heterocycles. The third-order valence-electron chi connectivity index (χ3n) is 3.85. The average Bonchev–Trinajstić information content (AvgIpc) is 2.66. The number of aromatic nitrogens is 1. The number of carbonyl (C=O) groups is 2. The molecule has 0 aliphatic carbocycles. The minimum Gasteiger partial charge on any atom is -0.493 e. The van der Waals surface area contributed by atoms with Gasteiger partial charge in [0.05, 0.1) is 12.8 Å². The topological polar surface area (TPSA) is 74.7 Å². The summed E-state index contributed by atoms with van der Waals surface area (Å²) in [6, 6.07) is 14.5. The minimum absolute atomic E-state index is 0.363. The Morgan fingerprint density at radius 3 is 2.32 bits per heavy atom. The molecule has 1 aromatic heterocycles. The second-order valence-electron chi connectivity index (χ2n) is 5.99. The number of fused-ring (bicyclic) bond motifs is 1. The summed E-state index contributed by atoms with van der Waals surface area (Å²) in [6.07, 6.45) is 3.70. The van der Waals surface area contributed by atoms with Crippen molar-refractivity contribution in [3.05, 3.63) is 59.8 Å². The van der Waals surface area contributed by atoms with E-state index in [9.17, 15) is 9.59 Å². The van der Waals surface area contributed by atoms with Gasteiger partial charge in [-0.3, -0.25) is 9.59 Å². The third-order valence-corrected chi connectivity index (χ3v) is 3.85. The lowest BCUT2D eigenvalue weighted by atomic mass is 10.1. The van der Waals surface area contributed by atoms with Gasteiger partial charge in [0.2, 0.25) is 0 Å². The Bertz CT molecular complexity index is 1070. The second kappa shape index (κ2) is 8.35. The molecule has 6 nitrogen and oxygen atoms in total. The highest BCUT2D eigenvalue weighted by Gasteiger charge is 2.08. The first-order chi connectivity index (χ1) is 13.5. The van der Waals surface area contributed by atoms with Crippen LogP contribution in [0.5, 0.6) is 17.2 Å². The summed E-state index contributed by atoms with van der Waals surface area (Å²) >= 11 is 0. The zero-order chi connectivity index (χ0) is 20.1. The Balaban J connectivity index is 1.90. The van der Waals surface area contributed by atoms with E-state index in [0.29, 0.717) is 28.5 Å². The molecule has 0 saturated carbocycles. The zero-order valence-electron chi connectivity index (χ0n) is 15.8. The molecule has 0 fully saturated rings. The first-order valence-corrected chi connectivity index (χ1v) is 8.59. The molecule has 28 heavy (non-hydrogen) atoms. The molecule has 0 spiro atoms. The Hall–Kier alpha value is -3.67. The van der Waals surface area contributed by atoms with Gasteiger partial charge >= 0.3 is 11.9 Å². The smallest absolute Gasteiger partial charge is 0.308 e. The van der Waals surface area contributed by atoms with Crippen molar-refractivity contribution in [2.24, 2.45) is 0 Å². The quantitative estimate of drug-likeness (QED) is 0.488. The Morgan fingerprint density at radius 2 is 1.61 bits per heavy atom. The number of benzene rings is 2. The lowest BCUT2D eigenvalue weighted by molar-refractivity contribution is -0.132. The van der Waals surface area contributed by atoms with Gasteiger partial charge in [0, 0.05) is 19.2 Å². The third kappa shape index (κ3) is 4.54. The highest BCUT2D eigenvalue weighted by molar-refractivity contribution is 5.88. The fraction of sp³-hybridized carbons (Fsp3) is 0.136. The predicted molar refractivity (Wildman–Crippen MR) is 106 cm³/mol. The van der Waals surface area contributed by atoms with Gasteiger partial charge in [0.25, 0.3) is 0 Å². The minimum atomic E-state index is -0.412. The van der Waals surface area contributed by atoms with Crippen molar-refractivity contribution in [1.82, 2.24) is 4.98 Å². The molecule has 0 unspecified atom stereocenters. The molecule has 0 radical (unpaired) electrons. The maximum absolute atomic E-state index is 11.3. The van der Waals surface area contributed by atoms with Crippen LogP contribution in [0.25, 0.3) is 23.1 Å². The summed E-state index contributed by atoms with van der Waals surface area (Å²) in [7, 11) is 1.51. The van der Waals surface area contributed by atoms with E-state index < -0.39 is 11.9 Å². The molecular formula is C22H19NO5. The molecule has 142 valence electrons. The van der Waals surface area contributed by atoms with Gasteiger partial charge in [-0.15, -0.1) is 0 Å². The normalized spacial score (nSPS) is 10.8. The van der Waals surface area contributed by atoms with Gasteiger partial charge in [0.1, 0.15) is 5.52 Å². The molecule has 3 rings (SSSR count). The molecule has 0 atom stereocenters. The molecule has 0 bridgehead atoms. The van der Waals surface area contributed by atoms with Crippen LogP contribution in [-0.4, -0.2) is 24.0 Å². The van der Waals surface area contributed by atoms with E-state index >= 15 is 0 Å². The number of nitrogens with zero attached hydrogens (tertiary/aromatic N) is 1. The summed E-state index contributed by atoms with van der Waals surface area (Å²) in [5.74, 6) is 0.441. The van der Waals surface area contributed by atoms with Crippen molar-refractivity contribution in [3.63, 3.8) is 0 Å². The van der Waals surface area contributed by atoms with E-state index in [1.165, 1.54) is 21.0 Å². The van der Waals surface area contributed by atoms with Crippen LogP contribution in [0.4, 0.5) is 0 Å². The standard InChI is InChI=1S/C22H19NO5/c1-14(24)27-19-12-8-16(13-21(19)26-3)7-10-18-11-9-17-5-4-6-20(22(17)23-18)28-15(2)25/h4-13H,1-3H3/b10-7+. The Labute approximate surface area is 162 Å². The van der Waals surface area contributed by atoms with Crippen LogP contribution in [0.1, 0.15) is 25.1 Å². The van der Waals surface area contributed by atoms with Crippen LogP contribution in [0.3, 0.4) is 0 Å². The van der Waals surface area contributed by atoms with Gasteiger partial charge in [-0.25, -0.2) is 4.98 Å². The molecule has 2 aromatic carbocycles. The van der Waals surface area contributed by atoms with Crippen LogP contribution in [-0.2, 0) is 9.59 Å². The van der Waals surface area contributed by atoms with Crippen molar-refractivity contribution in [2.75, 3.05) is 7.11 Å². The largest absolute Gasteiger partial charge is 0.493 e. The zero-order valence-corrected chi connectivity index (χ0v) is 15.8. The average molecular weight is 377 g/mol. The van der Waals surface area contributed by atoms with E-state index in [2.05, 4.69) is 4.98 Å². The number of pyridine rings is 1. The van der Waals surface area contributed by atoms with Crippen LogP contribution in [0.2, 0.25) is 0 Å². The van der Waals surface area contributed by atoms with Crippen LogP contribution in [0, 0.1) is 0 Å². The van der Waals surface area contributed by atoms with Crippen molar-refractivity contribution in [1.29, 1.82) is 0 Å². The second-order valence-corrected chi connectivity index (χ2v) is 5.99. The summed E-state index contributed by atoms with van der Waals surface area (Å²) in [5, 5.41) is 0.878. The fourth-order valence-corrected chi connectivity index (χ4v) is 2.67. The number of hydrogen-bond acceptors (Lipinski definition) is 6. The monoisotopic (exact) mass is 377 g/mol.